The van der Waals surface area contributed by atoms with Gasteiger partial charge in [0.1, 0.15) is 0 Å². The van der Waals surface area contributed by atoms with Crippen molar-refractivity contribution in [3.63, 3.8) is 0 Å². The van der Waals surface area contributed by atoms with Crippen LogP contribution in [0.1, 0.15) is 18.1 Å². The second-order valence-electron chi connectivity index (χ2n) is 3.70. The van der Waals surface area contributed by atoms with Gasteiger partial charge in [0.2, 0.25) is 0 Å². The highest BCUT2D eigenvalue weighted by Crippen LogP contribution is 2.37. The molecule has 94 valence electrons. The van der Waals surface area contributed by atoms with Crippen LogP contribution >= 0.6 is 0 Å². The summed E-state index contributed by atoms with van der Waals surface area (Å²) in [6.07, 6.45) is -6.51. The van der Waals surface area contributed by atoms with Crippen LogP contribution in [0, 0.1) is 0 Å². The first kappa shape index (κ1) is 12.0. The van der Waals surface area contributed by atoms with Crippen molar-refractivity contribution in [2.45, 2.75) is 18.7 Å². The average molecular weight is 248 g/mol. The molecule has 0 aromatic heterocycles. The fourth-order valence-corrected chi connectivity index (χ4v) is 1.54. The van der Waals surface area contributed by atoms with Gasteiger partial charge in [-0.1, -0.05) is 6.07 Å². The number of hydrogen-bond acceptors (Lipinski definition) is 3. The van der Waals surface area contributed by atoms with Crippen LogP contribution in [-0.4, -0.2) is 24.5 Å². The van der Waals surface area contributed by atoms with Gasteiger partial charge in [0.05, 0.1) is 13.2 Å². The molecule has 2 rings (SSSR count). The fourth-order valence-electron chi connectivity index (χ4n) is 1.54. The van der Waals surface area contributed by atoms with Crippen molar-refractivity contribution < 1.29 is 27.8 Å². The van der Waals surface area contributed by atoms with E-state index in [2.05, 4.69) is 0 Å². The van der Waals surface area contributed by atoms with Crippen LogP contribution in [0.4, 0.5) is 13.2 Å². The van der Waals surface area contributed by atoms with Gasteiger partial charge < -0.3 is 14.6 Å². The van der Waals surface area contributed by atoms with Crippen molar-refractivity contribution in [1.29, 1.82) is 0 Å². The van der Waals surface area contributed by atoms with Crippen LogP contribution in [0.25, 0.3) is 0 Å². The molecule has 0 bridgehead atoms. The summed E-state index contributed by atoms with van der Waals surface area (Å²) in [5, 5.41) is 9.11. The van der Waals surface area contributed by atoms with E-state index in [0.29, 0.717) is 25.4 Å². The van der Waals surface area contributed by atoms with Gasteiger partial charge in [0, 0.05) is 6.42 Å². The van der Waals surface area contributed by atoms with Crippen LogP contribution in [0.2, 0.25) is 0 Å². The largest absolute Gasteiger partial charge is 0.490 e. The zero-order chi connectivity index (χ0) is 12.5. The van der Waals surface area contributed by atoms with Gasteiger partial charge >= 0.3 is 6.18 Å². The Bertz CT molecular complexity index is 403. The number of hydrogen-bond donors (Lipinski definition) is 1. The molecule has 1 aliphatic rings. The average Bonchev–Trinajstić information content (AvgIpc) is 2.50. The quantitative estimate of drug-likeness (QED) is 0.829. The van der Waals surface area contributed by atoms with Gasteiger partial charge in [-0.15, -0.1) is 0 Å². The summed E-state index contributed by atoms with van der Waals surface area (Å²) >= 11 is 0. The molecule has 1 heterocycles. The Kier molecular flexibility index (Phi) is 3.15. The lowest BCUT2D eigenvalue weighted by atomic mass is 10.1. The highest BCUT2D eigenvalue weighted by atomic mass is 19.4. The molecule has 1 aromatic carbocycles. The number of halogens is 3. The van der Waals surface area contributed by atoms with Gasteiger partial charge in [-0.3, -0.25) is 0 Å². The minimum Gasteiger partial charge on any atom is -0.490 e. The molecule has 1 atom stereocenters. The molecular weight excluding hydrogens is 237 g/mol. The van der Waals surface area contributed by atoms with Crippen LogP contribution in [-0.2, 0) is 0 Å². The molecule has 17 heavy (non-hydrogen) atoms. The Balaban J connectivity index is 2.29. The number of aliphatic hydroxyl groups is 1. The minimum atomic E-state index is -4.68. The molecule has 3 nitrogen and oxygen atoms in total. The summed E-state index contributed by atoms with van der Waals surface area (Å²) in [5.74, 6) is 0.643. The highest BCUT2D eigenvalue weighted by molar-refractivity contribution is 5.44. The van der Waals surface area contributed by atoms with E-state index in [1.807, 2.05) is 0 Å². The Morgan fingerprint density at radius 1 is 1.12 bits per heavy atom. The molecule has 0 saturated carbocycles. The molecule has 0 fully saturated rings. The number of fused-ring (bicyclic) bond motifs is 1. The number of aliphatic hydroxyl groups excluding tert-OH is 1. The second-order valence-corrected chi connectivity index (χ2v) is 3.70. The summed E-state index contributed by atoms with van der Waals surface area (Å²) in [5.41, 5.74) is -0.248. The highest BCUT2D eigenvalue weighted by Gasteiger charge is 2.39. The SMILES string of the molecule is O[C@@H](c1ccc2c(c1)OCCCO2)C(F)(F)F. The molecule has 0 aliphatic carbocycles. The van der Waals surface area contributed by atoms with Gasteiger partial charge in [0.25, 0.3) is 0 Å². The normalized spacial score (nSPS) is 17.4. The van der Waals surface area contributed by atoms with Gasteiger partial charge in [-0.25, -0.2) is 0 Å². The maximum atomic E-state index is 12.3. The van der Waals surface area contributed by atoms with E-state index in [4.69, 9.17) is 14.6 Å². The number of benzene rings is 1. The molecule has 1 aliphatic heterocycles. The minimum absolute atomic E-state index is 0.239. The smallest absolute Gasteiger partial charge is 0.418 e. The molecule has 0 spiro atoms. The first-order chi connectivity index (χ1) is 7.98. The van der Waals surface area contributed by atoms with E-state index < -0.39 is 12.3 Å². The first-order valence-electron chi connectivity index (χ1n) is 5.13. The van der Waals surface area contributed by atoms with Crippen molar-refractivity contribution in [2.75, 3.05) is 13.2 Å². The summed E-state index contributed by atoms with van der Waals surface area (Å²) in [6, 6.07) is 3.73. The van der Waals surface area contributed by atoms with Crippen molar-refractivity contribution in [3.8, 4) is 11.5 Å². The summed E-state index contributed by atoms with van der Waals surface area (Å²) in [6.45, 7) is 0.854. The lowest BCUT2D eigenvalue weighted by molar-refractivity contribution is -0.206. The standard InChI is InChI=1S/C11H11F3O3/c12-11(13,14)10(15)7-2-3-8-9(6-7)17-5-1-4-16-8/h2-3,6,10,15H,1,4-5H2/t10-/m0/s1. The van der Waals surface area contributed by atoms with Crippen molar-refractivity contribution in [2.24, 2.45) is 0 Å². The summed E-state index contributed by atoms with van der Waals surface area (Å²) < 4.78 is 47.5. The topological polar surface area (TPSA) is 38.7 Å². The van der Waals surface area contributed by atoms with E-state index in [-0.39, 0.29) is 11.3 Å². The molecule has 1 aromatic rings. The molecule has 0 unspecified atom stereocenters. The molecule has 0 radical (unpaired) electrons. The summed E-state index contributed by atoms with van der Waals surface area (Å²) in [7, 11) is 0. The van der Waals surface area contributed by atoms with E-state index >= 15 is 0 Å². The third-order valence-corrected chi connectivity index (χ3v) is 2.40. The van der Waals surface area contributed by atoms with Crippen molar-refractivity contribution in [1.82, 2.24) is 0 Å². The lowest BCUT2D eigenvalue weighted by Gasteiger charge is -2.16. The van der Waals surface area contributed by atoms with Crippen molar-refractivity contribution in [3.05, 3.63) is 23.8 Å². The molecule has 0 saturated heterocycles. The second kappa shape index (κ2) is 4.44. The number of ether oxygens (including phenoxy) is 2. The van der Waals surface area contributed by atoms with E-state index in [1.165, 1.54) is 18.2 Å². The zero-order valence-electron chi connectivity index (χ0n) is 8.83. The Morgan fingerprint density at radius 2 is 1.76 bits per heavy atom. The van der Waals surface area contributed by atoms with Gasteiger partial charge in [0.15, 0.2) is 17.6 Å². The Morgan fingerprint density at radius 3 is 2.41 bits per heavy atom. The third-order valence-electron chi connectivity index (χ3n) is 2.40. The van der Waals surface area contributed by atoms with Crippen LogP contribution < -0.4 is 9.47 Å². The fraction of sp³-hybridized carbons (Fsp3) is 0.455. The van der Waals surface area contributed by atoms with Gasteiger partial charge in [-0.2, -0.15) is 13.2 Å². The Hall–Kier alpha value is -1.43. The third kappa shape index (κ3) is 2.63. The maximum Gasteiger partial charge on any atom is 0.418 e. The van der Waals surface area contributed by atoms with Crippen LogP contribution in [0.15, 0.2) is 18.2 Å². The molecule has 0 amide bonds. The lowest BCUT2D eigenvalue weighted by Crippen LogP contribution is -2.20. The monoisotopic (exact) mass is 248 g/mol. The zero-order valence-corrected chi connectivity index (χ0v) is 8.83. The Labute approximate surface area is 95.8 Å². The van der Waals surface area contributed by atoms with Gasteiger partial charge in [-0.05, 0) is 17.7 Å². The van der Waals surface area contributed by atoms with E-state index in [1.54, 1.807) is 0 Å². The summed E-state index contributed by atoms with van der Waals surface area (Å²) in [4.78, 5) is 0. The molecule has 1 N–H and O–H groups in total. The predicted octanol–water partition coefficient (Wildman–Crippen LogP) is 2.44. The molecule has 6 heteroatoms. The van der Waals surface area contributed by atoms with Crippen LogP contribution in [0.3, 0.4) is 0 Å². The number of alkyl halides is 3. The van der Waals surface area contributed by atoms with E-state index in [9.17, 15) is 13.2 Å². The number of rotatable bonds is 1. The van der Waals surface area contributed by atoms with Crippen LogP contribution in [0.5, 0.6) is 11.5 Å². The first-order valence-corrected chi connectivity index (χ1v) is 5.13. The van der Waals surface area contributed by atoms with E-state index in [0.717, 1.165) is 0 Å². The van der Waals surface area contributed by atoms with Crippen molar-refractivity contribution >= 4 is 0 Å². The molecular formula is C11H11F3O3. The maximum absolute atomic E-state index is 12.3. The predicted molar refractivity (Wildman–Crippen MR) is 53.1 cm³/mol.